The summed E-state index contributed by atoms with van der Waals surface area (Å²) in [6, 6.07) is 20.1. The van der Waals surface area contributed by atoms with Crippen molar-refractivity contribution in [1.29, 1.82) is 0 Å². The van der Waals surface area contributed by atoms with Crippen molar-refractivity contribution in [2.75, 3.05) is 47.4 Å². The minimum atomic E-state index is 0. The first kappa shape index (κ1) is 28.4. The predicted octanol–water partition coefficient (Wildman–Crippen LogP) is 1.48. The molecule has 0 aliphatic heterocycles. The number of halogens is 1. The van der Waals surface area contributed by atoms with Crippen molar-refractivity contribution in [1.82, 2.24) is 4.57 Å². The van der Waals surface area contributed by atoms with Gasteiger partial charge in [-0.25, -0.2) is 4.57 Å². The van der Waals surface area contributed by atoms with E-state index >= 15 is 0 Å². The number of hydrogen-bond donors (Lipinski definition) is 0. The normalized spacial score (nSPS) is 10.7. The fourth-order valence-corrected chi connectivity index (χ4v) is 4.09. The van der Waals surface area contributed by atoms with E-state index in [1.165, 1.54) is 0 Å². The Hall–Kier alpha value is -4.17. The van der Waals surface area contributed by atoms with Gasteiger partial charge in [0.25, 0.3) is 0 Å². The smallest absolute Gasteiger partial charge is 0.314 e. The average Bonchev–Trinajstić information content (AvgIpc) is 3.33. The van der Waals surface area contributed by atoms with Gasteiger partial charge in [-0.2, -0.15) is 0 Å². The topological polar surface area (TPSA) is 61.3 Å². The lowest BCUT2D eigenvalue weighted by molar-refractivity contribution is -0.666. The molecule has 0 radical (unpaired) electrons. The highest BCUT2D eigenvalue weighted by molar-refractivity contribution is 5.79. The number of benzene rings is 3. The summed E-state index contributed by atoms with van der Waals surface area (Å²) < 4.78 is 26.0. The molecule has 0 N–H and O–H groups in total. The van der Waals surface area contributed by atoms with E-state index in [-0.39, 0.29) is 12.4 Å². The van der Waals surface area contributed by atoms with Crippen LogP contribution in [0.15, 0.2) is 78.2 Å². The molecule has 200 valence electrons. The Morgan fingerprint density at radius 3 is 2.00 bits per heavy atom. The first-order chi connectivity index (χ1) is 18.0. The summed E-state index contributed by atoms with van der Waals surface area (Å²) in [7, 11) is 10.5. The van der Waals surface area contributed by atoms with Crippen LogP contribution in [0.4, 0.5) is 5.69 Å². The van der Waals surface area contributed by atoms with Gasteiger partial charge in [0.05, 0.1) is 40.2 Å². The van der Waals surface area contributed by atoms with Crippen molar-refractivity contribution in [3.8, 4) is 34.4 Å². The highest BCUT2D eigenvalue weighted by Gasteiger charge is 2.22. The molecule has 0 atom stereocenters. The Labute approximate surface area is 230 Å². The van der Waals surface area contributed by atoms with E-state index in [2.05, 4.69) is 33.7 Å². The van der Waals surface area contributed by atoms with Gasteiger partial charge in [-0.3, -0.25) is 0 Å². The summed E-state index contributed by atoms with van der Waals surface area (Å²) in [6.07, 6.45) is 5.81. The molecule has 8 nitrogen and oxygen atoms in total. The van der Waals surface area contributed by atoms with Gasteiger partial charge in [0.1, 0.15) is 18.5 Å². The Kier molecular flexibility index (Phi) is 9.62. The number of ether oxygens (including phenoxy) is 4. The van der Waals surface area contributed by atoms with E-state index in [0.717, 1.165) is 34.0 Å². The van der Waals surface area contributed by atoms with Gasteiger partial charge < -0.3 is 36.3 Å². The van der Waals surface area contributed by atoms with Crippen molar-refractivity contribution in [2.24, 2.45) is 5.10 Å². The van der Waals surface area contributed by atoms with Gasteiger partial charge in [0.2, 0.25) is 5.75 Å². The van der Waals surface area contributed by atoms with E-state index in [9.17, 15) is 0 Å². The molecular formula is C29H33ClN4O4. The third-order valence-corrected chi connectivity index (χ3v) is 6.04. The molecule has 0 bridgehead atoms. The summed E-state index contributed by atoms with van der Waals surface area (Å²) in [4.78, 5) is 2.07. The Morgan fingerprint density at radius 1 is 0.842 bits per heavy atom. The van der Waals surface area contributed by atoms with E-state index in [0.29, 0.717) is 23.8 Å². The van der Waals surface area contributed by atoms with Crippen LogP contribution in [0.1, 0.15) is 11.1 Å². The summed E-state index contributed by atoms with van der Waals surface area (Å²) in [5, 5.41) is 4.78. The van der Waals surface area contributed by atoms with Crippen molar-refractivity contribution in [2.45, 2.75) is 6.54 Å². The average molecular weight is 537 g/mol. The number of methoxy groups -OCH3 is 4. The summed E-state index contributed by atoms with van der Waals surface area (Å²) in [5.74, 6) is 3.50. The fraction of sp³-hybridized carbons (Fsp3) is 0.241. The zero-order valence-electron chi connectivity index (χ0n) is 22.5. The molecule has 0 fully saturated rings. The van der Waals surface area contributed by atoms with Gasteiger partial charge in [0, 0.05) is 25.3 Å². The van der Waals surface area contributed by atoms with Gasteiger partial charge in [-0.05, 0) is 54.1 Å². The van der Waals surface area contributed by atoms with Gasteiger partial charge in [-0.1, -0.05) is 17.2 Å². The minimum absolute atomic E-state index is 0. The maximum atomic E-state index is 5.55. The van der Waals surface area contributed by atoms with Crippen LogP contribution in [0, 0.1) is 0 Å². The lowest BCUT2D eigenvalue weighted by Crippen LogP contribution is -3.00. The molecule has 0 aliphatic rings. The molecule has 0 unspecified atom stereocenters. The molecule has 1 aromatic heterocycles. The van der Waals surface area contributed by atoms with Gasteiger partial charge >= 0.3 is 5.82 Å². The molecule has 9 heteroatoms. The maximum Gasteiger partial charge on any atom is 0.314 e. The number of imidazole rings is 1. The minimum Gasteiger partial charge on any atom is -1.00 e. The van der Waals surface area contributed by atoms with Crippen LogP contribution in [-0.4, -0.2) is 53.3 Å². The van der Waals surface area contributed by atoms with Crippen LogP contribution >= 0.6 is 0 Å². The van der Waals surface area contributed by atoms with Crippen LogP contribution in [0.2, 0.25) is 0 Å². The standard InChI is InChI=1S/C29H33N4O4.ClH/c1-31(2)24-11-7-21(8-12-24)19-30-33-16-15-32(29(33)23-9-13-25(34-3)14-10-23)20-22-17-26(35-4)28(37-6)27(18-22)36-5;/h7-19H,20H2,1-6H3;1H/q+1;/p-1. The van der Waals surface area contributed by atoms with Crippen molar-refractivity contribution >= 4 is 11.9 Å². The van der Waals surface area contributed by atoms with Gasteiger partial charge in [0.15, 0.2) is 17.7 Å². The fourth-order valence-electron chi connectivity index (χ4n) is 4.09. The van der Waals surface area contributed by atoms with E-state index in [1.54, 1.807) is 28.4 Å². The van der Waals surface area contributed by atoms with Crippen molar-refractivity contribution in [3.05, 3.63) is 84.2 Å². The summed E-state index contributed by atoms with van der Waals surface area (Å²) in [6.45, 7) is 0.568. The molecule has 0 aliphatic carbocycles. The molecule has 0 saturated heterocycles. The molecule has 1 heterocycles. The van der Waals surface area contributed by atoms with Crippen LogP contribution in [0.5, 0.6) is 23.0 Å². The molecule has 0 amide bonds. The largest absolute Gasteiger partial charge is 1.00 e. The molecule has 0 spiro atoms. The molecule has 0 saturated carbocycles. The number of hydrogen-bond acceptors (Lipinski definition) is 6. The second-order valence-corrected chi connectivity index (χ2v) is 8.59. The van der Waals surface area contributed by atoms with E-state index < -0.39 is 0 Å². The Balaban J connectivity index is 0.00000400. The molecule has 38 heavy (non-hydrogen) atoms. The highest BCUT2D eigenvalue weighted by Crippen LogP contribution is 2.38. The molecular weight excluding hydrogens is 504 g/mol. The number of rotatable bonds is 10. The van der Waals surface area contributed by atoms with Crippen LogP contribution < -0.4 is 40.9 Å². The maximum absolute atomic E-state index is 5.55. The van der Waals surface area contributed by atoms with Crippen LogP contribution in [-0.2, 0) is 6.54 Å². The van der Waals surface area contributed by atoms with Crippen LogP contribution in [0.3, 0.4) is 0 Å². The number of anilines is 1. The molecule has 3 aromatic carbocycles. The quantitative estimate of drug-likeness (QED) is 0.227. The van der Waals surface area contributed by atoms with E-state index in [4.69, 9.17) is 24.0 Å². The monoisotopic (exact) mass is 536 g/mol. The predicted molar refractivity (Wildman–Crippen MR) is 146 cm³/mol. The summed E-state index contributed by atoms with van der Waals surface area (Å²) in [5.41, 5.74) is 4.14. The van der Waals surface area contributed by atoms with Crippen molar-refractivity contribution < 1.29 is 36.0 Å². The lowest BCUT2D eigenvalue weighted by atomic mass is 10.1. The SMILES string of the molecule is COc1ccc(-c2n(Cc3cc(OC)c(OC)c(OC)c3)cc[n+]2N=Cc2ccc(N(C)C)cc2)cc1.[Cl-]. The van der Waals surface area contributed by atoms with Crippen LogP contribution in [0.25, 0.3) is 11.4 Å². The second kappa shape index (κ2) is 12.9. The zero-order chi connectivity index (χ0) is 26.4. The lowest BCUT2D eigenvalue weighted by Gasteiger charge is -2.13. The second-order valence-electron chi connectivity index (χ2n) is 8.59. The highest BCUT2D eigenvalue weighted by atomic mass is 35.5. The third-order valence-electron chi connectivity index (χ3n) is 6.04. The number of aromatic nitrogens is 2. The molecule has 4 rings (SSSR count). The van der Waals surface area contributed by atoms with Gasteiger partial charge in [-0.15, -0.1) is 4.68 Å². The first-order valence-electron chi connectivity index (χ1n) is 11.8. The summed E-state index contributed by atoms with van der Waals surface area (Å²) >= 11 is 0. The zero-order valence-corrected chi connectivity index (χ0v) is 23.3. The third kappa shape index (κ3) is 6.20. The first-order valence-corrected chi connectivity index (χ1v) is 11.8. The van der Waals surface area contributed by atoms with Crippen molar-refractivity contribution in [3.63, 3.8) is 0 Å². The Morgan fingerprint density at radius 2 is 1.47 bits per heavy atom. The van der Waals surface area contributed by atoms with E-state index in [1.807, 2.05) is 73.8 Å². The Bertz CT molecular complexity index is 1340. The number of nitrogens with zero attached hydrogens (tertiary/aromatic N) is 4. The molecule has 4 aromatic rings.